The minimum atomic E-state index is -0.298. The summed E-state index contributed by atoms with van der Waals surface area (Å²) in [6.45, 7) is 8.84. The van der Waals surface area contributed by atoms with Crippen molar-refractivity contribution in [2.45, 2.75) is 77.8 Å². The van der Waals surface area contributed by atoms with Gasteiger partial charge in [0.2, 0.25) is 5.91 Å². The lowest BCUT2D eigenvalue weighted by molar-refractivity contribution is -0.120. The molecule has 3 aromatic rings. The minimum absolute atomic E-state index is 0.0243. The molecule has 0 spiro atoms. The monoisotopic (exact) mass is 490 g/mol. The molecule has 0 saturated carbocycles. The highest BCUT2D eigenvalue weighted by atomic mass is 16.5. The van der Waals surface area contributed by atoms with Crippen molar-refractivity contribution in [1.82, 2.24) is 14.8 Å². The fraction of sp³-hybridized carbons (Fsp3) is 0.483. The lowest BCUT2D eigenvalue weighted by Crippen LogP contribution is -2.36. The molecular weight excluding hydrogens is 452 g/mol. The zero-order chi connectivity index (χ0) is 25.5. The van der Waals surface area contributed by atoms with Gasteiger partial charge in [0.25, 0.3) is 0 Å². The largest absolute Gasteiger partial charge is 0.508 e. The summed E-state index contributed by atoms with van der Waals surface area (Å²) in [4.78, 5) is 20.5. The third kappa shape index (κ3) is 6.13. The lowest BCUT2D eigenvalue weighted by Gasteiger charge is -2.31. The summed E-state index contributed by atoms with van der Waals surface area (Å²) in [5.41, 5.74) is 4.55. The lowest BCUT2D eigenvalue weighted by atomic mass is 9.81. The first kappa shape index (κ1) is 25.9. The Bertz CT molecular complexity index is 1140. The number of benzene rings is 1. The van der Waals surface area contributed by atoms with Crippen molar-refractivity contribution in [3.8, 4) is 5.75 Å². The predicted octanol–water partition coefficient (Wildman–Crippen LogP) is 5.58. The number of amides is 1. The molecule has 192 valence electrons. The highest BCUT2D eigenvalue weighted by molar-refractivity contribution is 5.98. The number of hydrogen-bond donors (Lipinski definition) is 1. The van der Waals surface area contributed by atoms with Crippen LogP contribution >= 0.6 is 0 Å². The van der Waals surface area contributed by atoms with E-state index in [0.717, 1.165) is 66.8 Å². The molecule has 1 aliphatic carbocycles. The van der Waals surface area contributed by atoms with Crippen LogP contribution in [0.1, 0.15) is 80.7 Å². The van der Waals surface area contributed by atoms with Crippen LogP contribution < -0.4 is 4.90 Å². The number of hydrogen-bond acceptors (Lipinski definition) is 5. The maximum Gasteiger partial charge on any atom is 0.234 e. The Hall–Kier alpha value is -3.19. The summed E-state index contributed by atoms with van der Waals surface area (Å²) >= 11 is 0. The van der Waals surface area contributed by atoms with Gasteiger partial charge >= 0.3 is 0 Å². The van der Waals surface area contributed by atoms with Gasteiger partial charge in [0.05, 0.1) is 43.7 Å². The molecule has 0 saturated heterocycles. The van der Waals surface area contributed by atoms with Crippen molar-refractivity contribution in [1.29, 1.82) is 0 Å². The predicted molar refractivity (Wildman–Crippen MR) is 141 cm³/mol. The van der Waals surface area contributed by atoms with Crippen LogP contribution in [0.15, 0.2) is 48.9 Å². The second kappa shape index (κ2) is 12.2. The maximum atomic E-state index is 14.0. The van der Waals surface area contributed by atoms with Gasteiger partial charge in [-0.1, -0.05) is 39.3 Å². The number of carbonyl (C=O) groups excluding carboxylic acids is 1. The molecule has 1 unspecified atom stereocenters. The number of pyridine rings is 1. The van der Waals surface area contributed by atoms with Crippen molar-refractivity contribution in [2.24, 2.45) is 0 Å². The van der Waals surface area contributed by atoms with Gasteiger partial charge in [-0.2, -0.15) is 5.10 Å². The van der Waals surface area contributed by atoms with E-state index >= 15 is 0 Å². The molecule has 36 heavy (non-hydrogen) atoms. The third-order valence-electron chi connectivity index (χ3n) is 6.85. The molecule has 4 rings (SSSR count). The molecule has 0 radical (unpaired) electrons. The molecule has 7 nitrogen and oxygen atoms in total. The summed E-state index contributed by atoms with van der Waals surface area (Å²) in [5.74, 6) is 0.319. The molecule has 0 fully saturated rings. The number of aromatic nitrogens is 3. The molecule has 2 aromatic heterocycles. The van der Waals surface area contributed by atoms with Crippen molar-refractivity contribution in [3.05, 3.63) is 71.3 Å². The van der Waals surface area contributed by atoms with Crippen LogP contribution in [-0.2, 0) is 29.0 Å². The summed E-state index contributed by atoms with van der Waals surface area (Å²) < 4.78 is 7.55. The third-order valence-corrected chi connectivity index (χ3v) is 6.85. The van der Waals surface area contributed by atoms with Gasteiger partial charge in [-0.05, 0) is 60.9 Å². The zero-order valence-electron chi connectivity index (χ0n) is 21.7. The number of rotatable bonds is 11. The van der Waals surface area contributed by atoms with Crippen LogP contribution in [0.5, 0.6) is 5.75 Å². The SMILES string of the molecule is CCCCOCCn1cc(CN(C(=O)C2CCCc3c(O)cccc32)c2ccc(C(C)C)nc2)cn1. The van der Waals surface area contributed by atoms with E-state index in [1.165, 1.54) is 0 Å². The molecular formula is C29H38N4O3. The van der Waals surface area contributed by atoms with Gasteiger partial charge in [-0.25, -0.2) is 0 Å². The Kier molecular flexibility index (Phi) is 8.75. The van der Waals surface area contributed by atoms with Gasteiger partial charge in [0, 0.05) is 24.1 Å². The van der Waals surface area contributed by atoms with E-state index in [1.54, 1.807) is 12.3 Å². The van der Waals surface area contributed by atoms with Crippen LogP contribution in [0.3, 0.4) is 0 Å². The number of nitrogens with zero attached hydrogens (tertiary/aromatic N) is 4. The molecule has 1 atom stereocenters. The van der Waals surface area contributed by atoms with Gasteiger partial charge < -0.3 is 14.7 Å². The number of phenols is 1. The highest BCUT2D eigenvalue weighted by Crippen LogP contribution is 2.38. The van der Waals surface area contributed by atoms with E-state index < -0.39 is 0 Å². The number of carbonyl (C=O) groups is 1. The molecule has 2 heterocycles. The van der Waals surface area contributed by atoms with Gasteiger partial charge in [0.15, 0.2) is 0 Å². The number of anilines is 1. The van der Waals surface area contributed by atoms with E-state index in [4.69, 9.17) is 4.74 Å². The molecule has 1 amide bonds. The molecule has 1 aliphatic rings. The maximum absolute atomic E-state index is 14.0. The standard InChI is InChI=1S/C29H38N4O3/c1-4-5-15-36-16-14-32-19-22(17-31-32)20-33(23-12-13-27(21(2)3)30-18-23)29(35)26-10-6-9-25-24(26)8-7-11-28(25)34/h7-8,11-13,17-19,21,26,34H,4-6,9-10,14-16,20H2,1-3H3. The fourth-order valence-corrected chi connectivity index (χ4v) is 4.77. The average Bonchev–Trinajstić information content (AvgIpc) is 3.34. The quantitative estimate of drug-likeness (QED) is 0.355. The first-order chi connectivity index (χ1) is 17.5. The first-order valence-electron chi connectivity index (χ1n) is 13.1. The van der Waals surface area contributed by atoms with Crippen molar-refractivity contribution >= 4 is 11.6 Å². The van der Waals surface area contributed by atoms with E-state index in [1.807, 2.05) is 46.2 Å². The number of ether oxygens (including phenoxy) is 1. The second-order valence-corrected chi connectivity index (χ2v) is 9.89. The van der Waals surface area contributed by atoms with Gasteiger partial charge in [-0.15, -0.1) is 0 Å². The molecule has 1 aromatic carbocycles. The van der Waals surface area contributed by atoms with Gasteiger partial charge in [0.1, 0.15) is 5.75 Å². The number of phenolic OH excluding ortho intramolecular Hbond substituents is 1. The molecule has 7 heteroatoms. The van der Waals surface area contributed by atoms with Crippen molar-refractivity contribution in [3.63, 3.8) is 0 Å². The van der Waals surface area contributed by atoms with Crippen LogP contribution in [0.25, 0.3) is 0 Å². The Morgan fingerprint density at radius 1 is 1.22 bits per heavy atom. The zero-order valence-corrected chi connectivity index (χ0v) is 21.7. The molecule has 0 bridgehead atoms. The first-order valence-corrected chi connectivity index (χ1v) is 13.1. The topological polar surface area (TPSA) is 80.5 Å². The van der Waals surface area contributed by atoms with Crippen LogP contribution in [0.2, 0.25) is 0 Å². The Labute approximate surface area is 214 Å². The highest BCUT2D eigenvalue weighted by Gasteiger charge is 2.32. The van der Waals surface area contributed by atoms with E-state index in [9.17, 15) is 9.90 Å². The normalized spacial score (nSPS) is 15.2. The fourth-order valence-electron chi connectivity index (χ4n) is 4.77. The Morgan fingerprint density at radius 3 is 2.83 bits per heavy atom. The summed E-state index contributed by atoms with van der Waals surface area (Å²) in [6.07, 6.45) is 10.2. The van der Waals surface area contributed by atoms with Gasteiger partial charge in [-0.3, -0.25) is 14.5 Å². The second-order valence-electron chi connectivity index (χ2n) is 9.89. The minimum Gasteiger partial charge on any atom is -0.508 e. The summed E-state index contributed by atoms with van der Waals surface area (Å²) in [5, 5.41) is 14.9. The van der Waals surface area contributed by atoms with Crippen molar-refractivity contribution < 1.29 is 14.6 Å². The Balaban J connectivity index is 1.57. The molecule has 0 aliphatic heterocycles. The van der Waals surface area contributed by atoms with Crippen LogP contribution in [-0.4, -0.2) is 39.0 Å². The van der Waals surface area contributed by atoms with Crippen LogP contribution in [0, 0.1) is 0 Å². The van der Waals surface area contributed by atoms with Crippen molar-refractivity contribution in [2.75, 3.05) is 18.1 Å². The smallest absolute Gasteiger partial charge is 0.234 e. The van der Waals surface area contributed by atoms with E-state index in [2.05, 4.69) is 30.9 Å². The van der Waals surface area contributed by atoms with E-state index in [-0.39, 0.29) is 17.6 Å². The number of unbranched alkanes of at least 4 members (excludes halogenated alkanes) is 1. The van der Waals surface area contributed by atoms with Crippen LogP contribution in [0.4, 0.5) is 5.69 Å². The summed E-state index contributed by atoms with van der Waals surface area (Å²) in [7, 11) is 0. The summed E-state index contributed by atoms with van der Waals surface area (Å²) in [6, 6.07) is 9.50. The average molecular weight is 491 g/mol. The number of aromatic hydroxyl groups is 1. The number of fused-ring (bicyclic) bond motifs is 1. The Morgan fingerprint density at radius 2 is 2.08 bits per heavy atom. The van der Waals surface area contributed by atoms with E-state index in [0.29, 0.717) is 25.6 Å². The molecule has 1 N–H and O–H groups in total.